The van der Waals surface area contributed by atoms with E-state index in [1.807, 2.05) is 0 Å². The highest BCUT2D eigenvalue weighted by Gasteiger charge is 2.51. The van der Waals surface area contributed by atoms with Crippen molar-refractivity contribution in [3.63, 3.8) is 0 Å². The van der Waals surface area contributed by atoms with Gasteiger partial charge in [-0.1, -0.05) is 0 Å². The molecule has 0 bridgehead atoms. The second-order valence-electron chi connectivity index (χ2n) is 4.07. The van der Waals surface area contributed by atoms with E-state index in [9.17, 15) is 9.59 Å². The Bertz CT molecular complexity index is 285. The minimum atomic E-state index is -0.267. The van der Waals surface area contributed by atoms with Crippen LogP contribution in [0.15, 0.2) is 0 Å². The third-order valence-corrected chi connectivity index (χ3v) is 3.10. The largest absolute Gasteiger partial charge is 0.469 e. The van der Waals surface area contributed by atoms with Gasteiger partial charge >= 0.3 is 5.97 Å². The van der Waals surface area contributed by atoms with Gasteiger partial charge in [-0.25, -0.2) is 0 Å². The minimum absolute atomic E-state index is 0.0682. The fourth-order valence-electron chi connectivity index (χ4n) is 1.88. The molecule has 1 amide bonds. The van der Waals surface area contributed by atoms with Crippen LogP contribution in [0.3, 0.4) is 0 Å². The SMILES string of the molecule is COC(=O)C1CC1C(=O)N1CC(OC)C1. The highest BCUT2D eigenvalue weighted by Crippen LogP contribution is 2.41. The molecular weight excluding hydrogens is 198 g/mol. The van der Waals surface area contributed by atoms with Crippen LogP contribution in [-0.4, -0.2) is 50.2 Å². The first kappa shape index (κ1) is 10.4. The summed E-state index contributed by atoms with van der Waals surface area (Å²) in [6, 6.07) is 0. The monoisotopic (exact) mass is 213 g/mol. The summed E-state index contributed by atoms with van der Waals surface area (Å²) in [7, 11) is 2.99. The summed E-state index contributed by atoms with van der Waals surface area (Å²) < 4.78 is 9.67. The first-order valence-electron chi connectivity index (χ1n) is 5.06. The lowest BCUT2D eigenvalue weighted by molar-refractivity contribution is -0.149. The van der Waals surface area contributed by atoms with Crippen LogP contribution in [0, 0.1) is 11.8 Å². The van der Waals surface area contributed by atoms with Crippen molar-refractivity contribution in [2.45, 2.75) is 12.5 Å². The molecule has 2 rings (SSSR count). The van der Waals surface area contributed by atoms with Gasteiger partial charge in [-0.15, -0.1) is 0 Å². The van der Waals surface area contributed by atoms with E-state index in [-0.39, 0.29) is 29.8 Å². The van der Waals surface area contributed by atoms with Gasteiger partial charge in [0.05, 0.1) is 25.0 Å². The van der Waals surface area contributed by atoms with E-state index in [1.165, 1.54) is 7.11 Å². The number of rotatable bonds is 3. The molecule has 0 N–H and O–H groups in total. The molecule has 2 fully saturated rings. The molecule has 0 aromatic rings. The van der Waals surface area contributed by atoms with Crippen molar-refractivity contribution >= 4 is 11.9 Å². The molecular formula is C10H15NO4. The highest BCUT2D eigenvalue weighted by atomic mass is 16.5. The average Bonchev–Trinajstić information content (AvgIpc) is 2.94. The standard InChI is InChI=1S/C10H15NO4/c1-14-6-4-11(5-6)9(12)7-3-8(7)10(13)15-2/h6-8H,3-5H2,1-2H3. The summed E-state index contributed by atoms with van der Waals surface area (Å²) >= 11 is 0. The second kappa shape index (κ2) is 3.81. The lowest BCUT2D eigenvalue weighted by atomic mass is 10.1. The van der Waals surface area contributed by atoms with Crippen LogP contribution in [0.1, 0.15) is 6.42 Å². The van der Waals surface area contributed by atoms with Gasteiger partial charge < -0.3 is 14.4 Å². The Balaban J connectivity index is 1.78. The molecule has 1 saturated heterocycles. The summed E-state index contributed by atoms with van der Waals surface area (Å²) in [4.78, 5) is 24.6. The molecule has 0 radical (unpaired) electrons. The maximum Gasteiger partial charge on any atom is 0.309 e. The average molecular weight is 213 g/mol. The van der Waals surface area contributed by atoms with Gasteiger partial charge in [0.25, 0.3) is 0 Å². The number of nitrogens with zero attached hydrogens (tertiary/aromatic N) is 1. The van der Waals surface area contributed by atoms with Gasteiger partial charge in [-0.3, -0.25) is 9.59 Å². The molecule has 0 aromatic carbocycles. The highest BCUT2D eigenvalue weighted by molar-refractivity contribution is 5.90. The Labute approximate surface area is 88.3 Å². The summed E-state index contributed by atoms with van der Waals surface area (Å²) in [5.74, 6) is -0.546. The van der Waals surface area contributed by atoms with Gasteiger partial charge in [0.1, 0.15) is 0 Å². The molecule has 1 saturated carbocycles. The van der Waals surface area contributed by atoms with Crippen molar-refractivity contribution in [1.82, 2.24) is 4.90 Å². The van der Waals surface area contributed by atoms with Gasteiger partial charge in [-0.2, -0.15) is 0 Å². The second-order valence-corrected chi connectivity index (χ2v) is 4.07. The minimum Gasteiger partial charge on any atom is -0.469 e. The van der Waals surface area contributed by atoms with E-state index in [2.05, 4.69) is 4.74 Å². The third kappa shape index (κ3) is 1.84. The number of carbonyl (C=O) groups excluding carboxylic acids is 2. The first-order valence-corrected chi connectivity index (χ1v) is 5.06. The lowest BCUT2D eigenvalue weighted by Crippen LogP contribution is -2.55. The number of hydrogen-bond acceptors (Lipinski definition) is 4. The van der Waals surface area contributed by atoms with Crippen LogP contribution >= 0.6 is 0 Å². The zero-order chi connectivity index (χ0) is 11.0. The number of likely N-dealkylation sites (tertiary alicyclic amines) is 1. The molecule has 2 aliphatic rings. The topological polar surface area (TPSA) is 55.8 Å². The fraction of sp³-hybridized carbons (Fsp3) is 0.800. The molecule has 84 valence electrons. The fourth-order valence-corrected chi connectivity index (χ4v) is 1.88. The molecule has 0 aromatic heterocycles. The number of amides is 1. The predicted molar refractivity (Wildman–Crippen MR) is 51.0 cm³/mol. The normalized spacial score (nSPS) is 29.6. The lowest BCUT2D eigenvalue weighted by Gasteiger charge is -2.38. The Kier molecular flexibility index (Phi) is 2.65. The van der Waals surface area contributed by atoms with E-state index in [0.717, 1.165) is 0 Å². The molecule has 15 heavy (non-hydrogen) atoms. The quantitative estimate of drug-likeness (QED) is 0.601. The zero-order valence-corrected chi connectivity index (χ0v) is 8.93. The molecule has 5 heteroatoms. The van der Waals surface area contributed by atoms with Crippen molar-refractivity contribution in [1.29, 1.82) is 0 Å². The van der Waals surface area contributed by atoms with E-state index in [1.54, 1.807) is 12.0 Å². The molecule has 5 nitrogen and oxygen atoms in total. The van der Waals surface area contributed by atoms with Crippen LogP contribution in [0.4, 0.5) is 0 Å². The van der Waals surface area contributed by atoms with E-state index >= 15 is 0 Å². The number of methoxy groups -OCH3 is 2. The predicted octanol–water partition coefficient (Wildman–Crippen LogP) is -0.347. The van der Waals surface area contributed by atoms with Crippen molar-refractivity contribution in [2.75, 3.05) is 27.3 Å². The number of hydrogen-bond donors (Lipinski definition) is 0. The maximum atomic E-state index is 11.7. The van der Waals surface area contributed by atoms with Crippen LogP contribution in [0.2, 0.25) is 0 Å². The Morgan fingerprint density at radius 3 is 2.40 bits per heavy atom. The van der Waals surface area contributed by atoms with E-state index in [0.29, 0.717) is 19.5 Å². The van der Waals surface area contributed by atoms with Gasteiger partial charge in [0, 0.05) is 20.2 Å². The van der Waals surface area contributed by atoms with Crippen molar-refractivity contribution in [3.8, 4) is 0 Å². The molecule has 2 atom stereocenters. The molecule has 1 aliphatic carbocycles. The van der Waals surface area contributed by atoms with Gasteiger partial charge in [0.15, 0.2) is 0 Å². The number of ether oxygens (including phenoxy) is 2. The van der Waals surface area contributed by atoms with E-state index < -0.39 is 0 Å². The zero-order valence-electron chi connectivity index (χ0n) is 8.93. The summed E-state index contributed by atoms with van der Waals surface area (Å²) in [5.41, 5.74) is 0. The molecule has 2 unspecified atom stereocenters. The van der Waals surface area contributed by atoms with Crippen LogP contribution < -0.4 is 0 Å². The summed E-state index contributed by atoms with van der Waals surface area (Å²) in [5, 5.41) is 0. The first-order chi connectivity index (χ1) is 7.17. The van der Waals surface area contributed by atoms with Gasteiger partial charge in [0.2, 0.25) is 5.91 Å². The van der Waals surface area contributed by atoms with Crippen LogP contribution in [0.5, 0.6) is 0 Å². The third-order valence-electron chi connectivity index (χ3n) is 3.10. The maximum absolute atomic E-state index is 11.7. The van der Waals surface area contributed by atoms with Crippen molar-refractivity contribution in [3.05, 3.63) is 0 Å². The van der Waals surface area contributed by atoms with Crippen molar-refractivity contribution in [2.24, 2.45) is 11.8 Å². The number of carbonyl (C=O) groups is 2. The Morgan fingerprint density at radius 1 is 1.20 bits per heavy atom. The molecule has 1 aliphatic heterocycles. The molecule has 1 heterocycles. The van der Waals surface area contributed by atoms with Crippen LogP contribution in [-0.2, 0) is 19.1 Å². The van der Waals surface area contributed by atoms with Gasteiger partial charge in [-0.05, 0) is 6.42 Å². The molecule has 0 spiro atoms. The summed E-state index contributed by atoms with van der Waals surface area (Å²) in [6.07, 6.45) is 0.809. The smallest absolute Gasteiger partial charge is 0.309 e. The Morgan fingerprint density at radius 2 is 1.87 bits per heavy atom. The Hall–Kier alpha value is -1.10. The van der Waals surface area contributed by atoms with E-state index in [4.69, 9.17) is 4.74 Å². The number of esters is 1. The van der Waals surface area contributed by atoms with Crippen LogP contribution in [0.25, 0.3) is 0 Å². The van der Waals surface area contributed by atoms with Crippen molar-refractivity contribution < 1.29 is 19.1 Å². The summed E-state index contributed by atoms with van der Waals surface area (Å²) in [6.45, 7) is 1.31.